The highest BCUT2D eigenvalue weighted by molar-refractivity contribution is 7.86. The van der Waals surface area contributed by atoms with Gasteiger partial charge in [-0.25, -0.2) is 0 Å². The molecule has 0 radical (unpaired) electrons. The van der Waals surface area contributed by atoms with Crippen molar-refractivity contribution in [1.82, 2.24) is 0 Å². The van der Waals surface area contributed by atoms with E-state index in [4.69, 9.17) is 0 Å². The van der Waals surface area contributed by atoms with E-state index in [9.17, 15) is 23.4 Å². The summed E-state index contributed by atoms with van der Waals surface area (Å²) in [5.74, 6) is -0.778. The third-order valence-electron chi connectivity index (χ3n) is 8.61. The lowest BCUT2D eigenvalue weighted by molar-refractivity contribution is -0.147. The number of carboxylic acids is 1. The summed E-state index contributed by atoms with van der Waals surface area (Å²) < 4.78 is 27.5. The Hall–Kier alpha value is -1.05. The van der Waals surface area contributed by atoms with Crippen LogP contribution >= 0.6 is 0 Å². The molecule has 0 aromatic heterocycles. The molecule has 0 spiro atoms. The molecule has 6 atom stereocenters. The van der Waals surface area contributed by atoms with Crippen molar-refractivity contribution in [2.24, 2.45) is 10.8 Å². The number of rotatable bonds is 12. The normalized spacial score (nSPS) is 29.2. The Bertz CT molecular complexity index is 957. The van der Waals surface area contributed by atoms with Crippen LogP contribution in [0.15, 0.2) is 24.3 Å². The molecule has 6 unspecified atom stereocenters. The van der Waals surface area contributed by atoms with Crippen LogP contribution in [0.25, 0.3) is 0 Å². The van der Waals surface area contributed by atoms with Gasteiger partial charge in [0.2, 0.25) is 0 Å². The quantitative estimate of drug-likeness (QED) is 0.296. The predicted octanol–water partition coefficient (Wildman–Crippen LogP) is 6.84. The second kappa shape index (κ2) is 13.3. The number of hydrogen-bond donors (Lipinski definition) is 2. The summed E-state index contributed by atoms with van der Waals surface area (Å²) in [5.41, 5.74) is 1.41. The van der Waals surface area contributed by atoms with Crippen molar-refractivity contribution in [3.8, 4) is 0 Å². The van der Waals surface area contributed by atoms with Gasteiger partial charge in [-0.1, -0.05) is 63.8 Å². The van der Waals surface area contributed by atoms with Gasteiger partial charge in [0.15, 0.2) is 0 Å². The van der Waals surface area contributed by atoms with Gasteiger partial charge < -0.3 is 10.2 Å². The van der Waals surface area contributed by atoms with Gasteiger partial charge >= 0.3 is 5.97 Å². The molecule has 2 fully saturated rings. The maximum atomic E-state index is 13.8. The average Bonchev–Trinajstić information content (AvgIpc) is 2.86. The van der Waals surface area contributed by atoms with Gasteiger partial charge in [0.1, 0.15) is 0 Å². The van der Waals surface area contributed by atoms with Crippen LogP contribution in [0, 0.1) is 10.8 Å². The van der Waals surface area contributed by atoms with Crippen molar-refractivity contribution in [1.29, 1.82) is 0 Å². The summed E-state index contributed by atoms with van der Waals surface area (Å²) in [4.78, 5) is 11.5. The molecular weight excluding hydrogens is 504 g/mol. The van der Waals surface area contributed by atoms with E-state index in [1.165, 1.54) is 0 Å². The molecule has 0 aliphatic carbocycles. The second-order valence-electron chi connectivity index (χ2n) is 12.7. The number of aliphatic carboxylic acids is 1. The smallest absolute Gasteiger partial charge is 0.309 e. The van der Waals surface area contributed by atoms with Crippen LogP contribution in [0.5, 0.6) is 0 Å². The molecule has 7 heteroatoms. The zero-order chi connectivity index (χ0) is 27.2. The van der Waals surface area contributed by atoms with Crippen molar-refractivity contribution in [3.05, 3.63) is 35.4 Å². The highest BCUT2D eigenvalue weighted by Gasteiger charge is 2.37. The lowest BCUT2D eigenvalue weighted by atomic mass is 9.87. The summed E-state index contributed by atoms with van der Waals surface area (Å²) in [6.07, 6.45) is 10.8. The van der Waals surface area contributed by atoms with E-state index in [0.29, 0.717) is 6.42 Å². The van der Waals surface area contributed by atoms with Gasteiger partial charge in [-0.2, -0.15) is 0 Å². The molecule has 3 rings (SSSR count). The first-order valence-corrected chi connectivity index (χ1v) is 16.7. The van der Waals surface area contributed by atoms with Crippen LogP contribution in [0.3, 0.4) is 0 Å². The van der Waals surface area contributed by atoms with E-state index in [2.05, 4.69) is 26.0 Å². The Morgan fingerprint density at radius 2 is 1.30 bits per heavy atom. The largest absolute Gasteiger partial charge is 0.481 e. The van der Waals surface area contributed by atoms with Crippen molar-refractivity contribution in [3.63, 3.8) is 0 Å². The lowest BCUT2D eigenvalue weighted by Crippen LogP contribution is -2.30. The number of hydrogen-bond acceptors (Lipinski definition) is 4. The van der Waals surface area contributed by atoms with E-state index in [-0.39, 0.29) is 33.0 Å². The third kappa shape index (κ3) is 7.98. The molecule has 2 N–H and O–H groups in total. The highest BCUT2D eigenvalue weighted by atomic mass is 32.2. The Morgan fingerprint density at radius 1 is 0.838 bits per heavy atom. The minimum atomic E-state index is -1.03. The molecular formula is C30H48O5S2. The number of aliphatic hydroxyl groups is 1. The monoisotopic (exact) mass is 552 g/mol. The molecule has 2 aliphatic heterocycles. The molecule has 5 nitrogen and oxygen atoms in total. The van der Waals surface area contributed by atoms with Crippen LogP contribution in [0.4, 0.5) is 0 Å². The maximum absolute atomic E-state index is 13.8. The molecule has 0 bridgehead atoms. The third-order valence-corrected chi connectivity index (χ3v) is 13.0. The number of carbonyl (C=O) groups is 1. The van der Waals surface area contributed by atoms with Crippen LogP contribution in [-0.4, -0.2) is 41.7 Å². The van der Waals surface area contributed by atoms with Crippen LogP contribution in [0.2, 0.25) is 0 Å². The van der Waals surface area contributed by atoms with Gasteiger partial charge in [0.25, 0.3) is 0 Å². The van der Waals surface area contributed by atoms with Gasteiger partial charge in [0.05, 0.1) is 15.9 Å². The van der Waals surface area contributed by atoms with Gasteiger partial charge in [-0.15, -0.1) is 0 Å². The summed E-state index contributed by atoms with van der Waals surface area (Å²) in [5, 5.41) is 19.2. The van der Waals surface area contributed by atoms with Crippen molar-refractivity contribution >= 4 is 27.6 Å². The van der Waals surface area contributed by atoms with Gasteiger partial charge in [-0.05, 0) is 81.8 Å². The molecule has 210 valence electrons. The fraction of sp³-hybridized carbons (Fsp3) is 0.767. The molecule has 0 amide bonds. The standard InChI is InChI=1S/C30H48O5S2/c1-29(2,21-31)19-9-13-22-11-7-17-26(36(22)34)24-15-5-6-16-25(24)27-18-8-12-23(37(27)35)14-10-20-30(3,4)28(32)33/h5-6,15-16,22-23,26-27,31H,7-14,17-21H2,1-4H3,(H,32,33). The summed E-state index contributed by atoms with van der Waals surface area (Å²) >= 11 is 0. The molecule has 1 aromatic carbocycles. The van der Waals surface area contributed by atoms with Gasteiger partial charge in [0, 0.05) is 38.7 Å². The predicted molar refractivity (Wildman–Crippen MR) is 153 cm³/mol. The minimum Gasteiger partial charge on any atom is -0.481 e. The van der Waals surface area contributed by atoms with Crippen LogP contribution in [-0.2, 0) is 26.4 Å². The first-order chi connectivity index (χ1) is 17.5. The van der Waals surface area contributed by atoms with E-state index in [1.807, 2.05) is 12.1 Å². The number of carboxylic acid groups (broad SMARTS) is 1. The Balaban J connectivity index is 1.70. The zero-order valence-corrected chi connectivity index (χ0v) is 24.9. The van der Waals surface area contributed by atoms with Crippen LogP contribution in [0.1, 0.15) is 126 Å². The zero-order valence-electron chi connectivity index (χ0n) is 23.2. The summed E-state index contributed by atoms with van der Waals surface area (Å²) in [6.45, 7) is 7.85. The van der Waals surface area contributed by atoms with E-state index < -0.39 is 33.0 Å². The average molecular weight is 553 g/mol. The molecule has 1 aromatic rings. The Labute approximate surface area is 229 Å². The van der Waals surface area contributed by atoms with E-state index in [0.717, 1.165) is 81.8 Å². The van der Waals surface area contributed by atoms with Crippen molar-refractivity contribution < 1.29 is 23.4 Å². The first kappa shape index (κ1) is 30.5. The van der Waals surface area contributed by atoms with Crippen molar-refractivity contribution in [2.75, 3.05) is 6.61 Å². The highest BCUT2D eigenvalue weighted by Crippen LogP contribution is 2.44. The van der Waals surface area contributed by atoms with Crippen LogP contribution < -0.4 is 0 Å². The first-order valence-electron chi connectivity index (χ1n) is 14.2. The molecule has 2 heterocycles. The SMILES string of the molecule is CC(C)(CO)CCCC1CCCC(c2ccccc2C2CCCC(CCCC(C)(C)C(=O)O)S2=O)S1=O. The number of aliphatic hydroxyl groups excluding tert-OH is 1. The van der Waals surface area contributed by atoms with E-state index >= 15 is 0 Å². The topological polar surface area (TPSA) is 91.7 Å². The molecule has 0 saturated carbocycles. The lowest BCUT2D eigenvalue weighted by Gasteiger charge is -2.34. The fourth-order valence-electron chi connectivity index (χ4n) is 5.94. The van der Waals surface area contributed by atoms with Gasteiger partial charge in [-0.3, -0.25) is 13.2 Å². The molecule has 2 saturated heterocycles. The molecule has 37 heavy (non-hydrogen) atoms. The Morgan fingerprint density at radius 3 is 1.73 bits per heavy atom. The maximum Gasteiger partial charge on any atom is 0.309 e. The Kier molecular flexibility index (Phi) is 11.0. The summed E-state index contributed by atoms with van der Waals surface area (Å²) in [7, 11) is -1.99. The van der Waals surface area contributed by atoms with Crippen molar-refractivity contribution in [2.45, 2.75) is 126 Å². The summed E-state index contributed by atoms with van der Waals surface area (Å²) in [6, 6.07) is 8.28. The number of benzene rings is 1. The fourth-order valence-corrected chi connectivity index (χ4v) is 10.2. The molecule has 2 aliphatic rings. The van der Waals surface area contributed by atoms with E-state index in [1.54, 1.807) is 13.8 Å². The minimum absolute atomic E-state index is 0.00505. The second-order valence-corrected chi connectivity index (χ2v) is 16.5.